The second-order valence-electron chi connectivity index (χ2n) is 8.43. The fraction of sp³-hybridized carbons (Fsp3) is 0. The molecule has 3 N–H and O–H groups in total. The molecular formula is C30H18O9. The number of carbonyl (C=O) groups excluding carboxylic acids is 3. The standard InChI is InChI=1S/C30H18O9/c31-25(16-1-7-19(8-2-16)28(34)35)22-13-23(26(32)17-3-9-20(10-4-17)29(36)37)15-24(14-22)27(33)18-5-11-21(12-6-18)30(38)39/h1-15H,(H,34,35)(H,36,37)(H,38,39). The lowest BCUT2D eigenvalue weighted by Crippen LogP contribution is -2.11. The van der Waals surface area contributed by atoms with E-state index in [1.54, 1.807) is 0 Å². The minimum atomic E-state index is -1.17. The van der Waals surface area contributed by atoms with E-state index in [-0.39, 0.29) is 50.1 Å². The Kier molecular flexibility index (Phi) is 7.26. The summed E-state index contributed by atoms with van der Waals surface area (Å²) in [6.07, 6.45) is 0. The minimum absolute atomic E-state index is 0.0170. The second-order valence-corrected chi connectivity index (χ2v) is 8.43. The molecule has 0 bridgehead atoms. The summed E-state index contributed by atoms with van der Waals surface area (Å²) in [6, 6.07) is 19.3. The Labute approximate surface area is 220 Å². The van der Waals surface area contributed by atoms with E-state index in [2.05, 4.69) is 0 Å². The summed E-state index contributed by atoms with van der Waals surface area (Å²) in [4.78, 5) is 73.3. The minimum Gasteiger partial charge on any atom is -0.478 e. The molecule has 0 aliphatic carbocycles. The summed E-state index contributed by atoms with van der Waals surface area (Å²) < 4.78 is 0. The molecule has 0 aliphatic rings. The maximum atomic E-state index is 13.3. The van der Waals surface area contributed by atoms with E-state index in [9.17, 15) is 28.8 Å². The van der Waals surface area contributed by atoms with E-state index in [1.807, 2.05) is 0 Å². The molecule has 0 atom stereocenters. The third kappa shape index (κ3) is 5.67. The Balaban J connectivity index is 1.79. The molecule has 0 fully saturated rings. The van der Waals surface area contributed by atoms with Crippen molar-refractivity contribution in [3.05, 3.63) is 141 Å². The summed E-state index contributed by atoms with van der Waals surface area (Å²) >= 11 is 0. The predicted molar refractivity (Wildman–Crippen MR) is 137 cm³/mol. The largest absolute Gasteiger partial charge is 0.478 e. The number of hydrogen-bond acceptors (Lipinski definition) is 6. The molecule has 0 aromatic heterocycles. The Morgan fingerprint density at radius 2 is 0.487 bits per heavy atom. The topological polar surface area (TPSA) is 163 Å². The van der Waals surface area contributed by atoms with Crippen LogP contribution >= 0.6 is 0 Å². The molecule has 0 saturated carbocycles. The van der Waals surface area contributed by atoms with Crippen molar-refractivity contribution in [2.75, 3.05) is 0 Å². The van der Waals surface area contributed by atoms with Crippen molar-refractivity contribution in [2.24, 2.45) is 0 Å². The highest BCUT2D eigenvalue weighted by molar-refractivity contribution is 6.17. The molecule has 4 aromatic carbocycles. The van der Waals surface area contributed by atoms with Crippen LogP contribution in [0.15, 0.2) is 91.0 Å². The first-order valence-electron chi connectivity index (χ1n) is 11.3. The average Bonchev–Trinajstić information content (AvgIpc) is 2.95. The van der Waals surface area contributed by atoms with Gasteiger partial charge in [-0.25, -0.2) is 14.4 Å². The van der Waals surface area contributed by atoms with Gasteiger partial charge in [0.05, 0.1) is 16.7 Å². The van der Waals surface area contributed by atoms with Crippen molar-refractivity contribution in [3.8, 4) is 0 Å². The molecule has 0 unspecified atom stereocenters. The smallest absolute Gasteiger partial charge is 0.335 e. The van der Waals surface area contributed by atoms with Gasteiger partial charge in [-0.1, -0.05) is 36.4 Å². The maximum absolute atomic E-state index is 13.3. The van der Waals surface area contributed by atoms with Crippen LogP contribution in [0.4, 0.5) is 0 Å². The number of benzene rings is 4. The van der Waals surface area contributed by atoms with Crippen molar-refractivity contribution >= 4 is 35.3 Å². The molecular weight excluding hydrogens is 504 g/mol. The SMILES string of the molecule is O=C(O)c1ccc(C(=O)c2cc(C(=O)c3ccc(C(=O)O)cc3)cc(C(=O)c3ccc(C(=O)O)cc3)c2)cc1. The van der Waals surface area contributed by atoms with Gasteiger partial charge in [-0.2, -0.15) is 0 Å². The molecule has 39 heavy (non-hydrogen) atoms. The number of carboxylic acids is 3. The summed E-state index contributed by atoms with van der Waals surface area (Å²) in [6.45, 7) is 0. The number of aromatic carboxylic acids is 3. The van der Waals surface area contributed by atoms with E-state index in [0.717, 1.165) is 0 Å². The van der Waals surface area contributed by atoms with Gasteiger partial charge in [0.1, 0.15) is 0 Å². The average molecular weight is 522 g/mol. The van der Waals surface area contributed by atoms with Gasteiger partial charge in [0.25, 0.3) is 0 Å². The number of carboxylic acid groups (broad SMARTS) is 3. The molecule has 0 saturated heterocycles. The first-order valence-corrected chi connectivity index (χ1v) is 11.3. The quantitative estimate of drug-likeness (QED) is 0.269. The molecule has 4 rings (SSSR count). The molecule has 9 nitrogen and oxygen atoms in total. The fourth-order valence-electron chi connectivity index (χ4n) is 3.81. The van der Waals surface area contributed by atoms with E-state index < -0.39 is 35.3 Å². The molecule has 0 aliphatic heterocycles. The van der Waals surface area contributed by atoms with Gasteiger partial charge in [0.15, 0.2) is 17.3 Å². The second kappa shape index (κ2) is 10.7. The van der Waals surface area contributed by atoms with Gasteiger partial charge in [-0.15, -0.1) is 0 Å². The van der Waals surface area contributed by atoms with E-state index in [0.29, 0.717) is 0 Å². The van der Waals surface area contributed by atoms with E-state index in [4.69, 9.17) is 15.3 Å². The van der Waals surface area contributed by atoms with Crippen LogP contribution in [0.2, 0.25) is 0 Å². The van der Waals surface area contributed by atoms with Gasteiger partial charge >= 0.3 is 17.9 Å². The van der Waals surface area contributed by atoms with Gasteiger partial charge in [0.2, 0.25) is 0 Å². The number of hydrogen-bond donors (Lipinski definition) is 3. The third-order valence-electron chi connectivity index (χ3n) is 5.90. The summed E-state index contributed by atoms with van der Waals surface area (Å²) in [5.74, 6) is -5.22. The molecule has 0 heterocycles. The lowest BCUT2D eigenvalue weighted by atomic mass is 9.92. The number of ketones is 3. The van der Waals surface area contributed by atoms with Crippen LogP contribution in [0, 0.1) is 0 Å². The van der Waals surface area contributed by atoms with Crippen molar-refractivity contribution < 1.29 is 44.1 Å². The summed E-state index contributed by atoms with van der Waals surface area (Å²) in [5, 5.41) is 27.3. The fourth-order valence-corrected chi connectivity index (χ4v) is 3.81. The molecule has 0 amide bonds. The Hall–Kier alpha value is -5.70. The van der Waals surface area contributed by atoms with Crippen LogP contribution in [0.1, 0.15) is 78.8 Å². The molecule has 4 aromatic rings. The normalized spacial score (nSPS) is 10.5. The van der Waals surface area contributed by atoms with Crippen LogP contribution in [0.5, 0.6) is 0 Å². The highest BCUT2D eigenvalue weighted by atomic mass is 16.4. The van der Waals surface area contributed by atoms with E-state index in [1.165, 1.54) is 91.0 Å². The van der Waals surface area contributed by atoms with Gasteiger partial charge < -0.3 is 15.3 Å². The maximum Gasteiger partial charge on any atom is 0.335 e. The lowest BCUT2D eigenvalue weighted by molar-refractivity contribution is 0.0686. The van der Waals surface area contributed by atoms with E-state index >= 15 is 0 Å². The van der Waals surface area contributed by atoms with Crippen LogP contribution in [0.3, 0.4) is 0 Å². The van der Waals surface area contributed by atoms with Crippen LogP contribution < -0.4 is 0 Å². The molecule has 9 heteroatoms. The summed E-state index contributed by atoms with van der Waals surface area (Å²) in [5.41, 5.74) is 0.242. The molecule has 0 radical (unpaired) electrons. The predicted octanol–water partition coefficient (Wildman–Crippen LogP) is 4.47. The lowest BCUT2D eigenvalue weighted by Gasteiger charge is -2.10. The number of carbonyl (C=O) groups is 6. The van der Waals surface area contributed by atoms with Crippen LogP contribution in [-0.4, -0.2) is 50.6 Å². The zero-order valence-electron chi connectivity index (χ0n) is 20.0. The van der Waals surface area contributed by atoms with Crippen molar-refractivity contribution in [1.82, 2.24) is 0 Å². The highest BCUT2D eigenvalue weighted by Gasteiger charge is 2.20. The van der Waals surface area contributed by atoms with Gasteiger partial charge in [0, 0.05) is 33.4 Å². The zero-order valence-corrected chi connectivity index (χ0v) is 20.0. The zero-order chi connectivity index (χ0) is 28.3. The Morgan fingerprint density at radius 1 is 0.308 bits per heavy atom. The highest BCUT2D eigenvalue weighted by Crippen LogP contribution is 2.21. The summed E-state index contributed by atoms with van der Waals surface area (Å²) in [7, 11) is 0. The van der Waals surface area contributed by atoms with Crippen molar-refractivity contribution in [3.63, 3.8) is 0 Å². The van der Waals surface area contributed by atoms with Crippen molar-refractivity contribution in [2.45, 2.75) is 0 Å². The first kappa shape index (κ1) is 26.4. The molecule has 192 valence electrons. The van der Waals surface area contributed by atoms with Crippen LogP contribution in [-0.2, 0) is 0 Å². The first-order chi connectivity index (χ1) is 18.5. The van der Waals surface area contributed by atoms with Gasteiger partial charge in [-0.3, -0.25) is 14.4 Å². The Bertz CT molecular complexity index is 1440. The monoisotopic (exact) mass is 522 g/mol. The van der Waals surface area contributed by atoms with Crippen LogP contribution in [0.25, 0.3) is 0 Å². The van der Waals surface area contributed by atoms with Crippen molar-refractivity contribution in [1.29, 1.82) is 0 Å². The Morgan fingerprint density at radius 3 is 0.667 bits per heavy atom. The molecule has 0 spiro atoms. The third-order valence-corrected chi connectivity index (χ3v) is 5.90. The van der Waals surface area contributed by atoms with Gasteiger partial charge in [-0.05, 0) is 54.6 Å². The number of rotatable bonds is 9.